The van der Waals surface area contributed by atoms with Crippen molar-refractivity contribution in [1.82, 2.24) is 14.7 Å². The van der Waals surface area contributed by atoms with Gasteiger partial charge < -0.3 is 20.6 Å². The maximum absolute atomic E-state index is 13.3. The second-order valence-electron chi connectivity index (χ2n) is 7.17. The van der Waals surface area contributed by atoms with Gasteiger partial charge in [-0.3, -0.25) is 9.69 Å². The fraction of sp³-hybridized carbons (Fsp3) is 0.409. The van der Waals surface area contributed by atoms with Gasteiger partial charge >= 0.3 is 12.0 Å². The maximum Gasteiger partial charge on any atom is 0.335 e. The molecule has 1 unspecified atom stereocenters. The first-order valence-electron chi connectivity index (χ1n) is 9.77. The molecular formula is C22H28N4O4. The SMILES string of the molecule is CC#CCN(C(=O)N(C)Cc1cccc(C(=O)O)c1)/C(=C\C=O)N1CCCC(N)C1. The standard InChI is InChI=1S/C22H28N4O4/c1-3-4-12-26(20(10-13-27)25-11-6-9-19(23)16-25)22(30)24(2)15-17-7-5-8-18(14-17)21(28)29/h5,7-8,10,13-14,19H,6,9,11-12,15-16,23H2,1-2H3,(H,28,29)/b20-10-. The molecule has 8 heteroatoms. The molecule has 1 aromatic carbocycles. The average Bonchev–Trinajstić information content (AvgIpc) is 2.73. The molecule has 8 nitrogen and oxygen atoms in total. The van der Waals surface area contributed by atoms with E-state index in [1.165, 1.54) is 28.0 Å². The number of hydrogen-bond acceptors (Lipinski definition) is 5. The molecule has 0 radical (unpaired) electrons. The van der Waals surface area contributed by atoms with Gasteiger partial charge in [-0.1, -0.05) is 18.1 Å². The van der Waals surface area contributed by atoms with Crippen LogP contribution in [-0.4, -0.2) is 70.8 Å². The lowest BCUT2D eigenvalue weighted by Gasteiger charge is -2.39. The first-order valence-corrected chi connectivity index (χ1v) is 9.77. The summed E-state index contributed by atoms with van der Waals surface area (Å²) in [6.45, 7) is 3.27. The third-order valence-electron chi connectivity index (χ3n) is 4.84. The molecule has 0 spiro atoms. The number of carboxylic acids is 1. The van der Waals surface area contributed by atoms with Gasteiger partial charge in [0.2, 0.25) is 0 Å². The minimum atomic E-state index is -1.02. The smallest absolute Gasteiger partial charge is 0.335 e. The van der Waals surface area contributed by atoms with Crippen molar-refractivity contribution in [1.29, 1.82) is 0 Å². The number of likely N-dealkylation sites (tertiary alicyclic amines) is 1. The maximum atomic E-state index is 13.3. The summed E-state index contributed by atoms with van der Waals surface area (Å²) in [7, 11) is 1.63. The number of urea groups is 1. The molecular weight excluding hydrogens is 384 g/mol. The molecule has 2 rings (SSSR count). The van der Waals surface area contributed by atoms with E-state index in [-0.39, 0.29) is 30.7 Å². The highest BCUT2D eigenvalue weighted by Crippen LogP contribution is 2.19. The molecule has 0 aliphatic carbocycles. The molecule has 0 aromatic heterocycles. The van der Waals surface area contributed by atoms with E-state index in [1.54, 1.807) is 26.1 Å². The third-order valence-corrected chi connectivity index (χ3v) is 4.84. The van der Waals surface area contributed by atoms with E-state index >= 15 is 0 Å². The molecule has 0 bridgehead atoms. The van der Waals surface area contributed by atoms with Crippen LogP contribution in [-0.2, 0) is 11.3 Å². The van der Waals surface area contributed by atoms with Crippen molar-refractivity contribution in [3.8, 4) is 11.8 Å². The van der Waals surface area contributed by atoms with Crippen molar-refractivity contribution in [2.75, 3.05) is 26.7 Å². The lowest BCUT2D eigenvalue weighted by Crippen LogP contribution is -2.50. The number of nitrogens with two attached hydrogens (primary N) is 1. The van der Waals surface area contributed by atoms with Gasteiger partial charge in [-0.25, -0.2) is 9.59 Å². The highest BCUT2D eigenvalue weighted by atomic mass is 16.4. The Morgan fingerprint density at radius 1 is 1.40 bits per heavy atom. The summed E-state index contributed by atoms with van der Waals surface area (Å²) in [5, 5.41) is 9.18. The quantitative estimate of drug-likeness (QED) is 0.401. The Morgan fingerprint density at radius 2 is 2.17 bits per heavy atom. The second-order valence-corrected chi connectivity index (χ2v) is 7.17. The summed E-state index contributed by atoms with van der Waals surface area (Å²) in [6, 6.07) is 6.07. The molecule has 1 aromatic rings. The van der Waals surface area contributed by atoms with Crippen LogP contribution in [0.4, 0.5) is 4.79 Å². The van der Waals surface area contributed by atoms with Crippen molar-refractivity contribution >= 4 is 18.3 Å². The van der Waals surface area contributed by atoms with Crippen molar-refractivity contribution in [3.63, 3.8) is 0 Å². The normalized spacial score (nSPS) is 16.3. The summed E-state index contributed by atoms with van der Waals surface area (Å²) in [5.41, 5.74) is 6.94. The van der Waals surface area contributed by atoms with Crippen LogP contribution in [0.5, 0.6) is 0 Å². The first-order chi connectivity index (χ1) is 14.4. The molecule has 1 saturated heterocycles. The molecule has 1 heterocycles. The molecule has 160 valence electrons. The second kappa shape index (κ2) is 11.0. The number of aldehydes is 1. The predicted octanol–water partition coefficient (Wildman–Crippen LogP) is 1.73. The van der Waals surface area contributed by atoms with Gasteiger partial charge in [0.1, 0.15) is 12.1 Å². The van der Waals surface area contributed by atoms with Gasteiger partial charge in [0.05, 0.1) is 12.1 Å². The highest BCUT2D eigenvalue weighted by Gasteiger charge is 2.27. The molecule has 3 N–H and O–H groups in total. The number of carboxylic acid groups (broad SMARTS) is 1. The van der Waals surface area contributed by atoms with Crippen molar-refractivity contribution in [2.24, 2.45) is 5.73 Å². The van der Waals surface area contributed by atoms with E-state index in [1.807, 2.05) is 4.90 Å². The minimum Gasteiger partial charge on any atom is -0.478 e. The lowest BCUT2D eigenvalue weighted by molar-refractivity contribution is -0.104. The van der Waals surface area contributed by atoms with Crippen molar-refractivity contribution in [3.05, 3.63) is 47.3 Å². The van der Waals surface area contributed by atoms with Crippen molar-refractivity contribution < 1.29 is 19.5 Å². The zero-order chi connectivity index (χ0) is 22.1. The summed E-state index contributed by atoms with van der Waals surface area (Å²) in [4.78, 5) is 40.7. The zero-order valence-corrected chi connectivity index (χ0v) is 17.4. The Bertz CT molecular complexity index is 871. The van der Waals surface area contributed by atoms with E-state index in [9.17, 15) is 19.5 Å². The number of rotatable bonds is 7. The molecule has 1 fully saturated rings. The first kappa shape index (κ1) is 23.0. The number of carbonyl (C=O) groups excluding carboxylic acids is 2. The van der Waals surface area contributed by atoms with Crippen LogP contribution in [0.25, 0.3) is 0 Å². The molecule has 1 aliphatic rings. The minimum absolute atomic E-state index is 0.0282. The van der Waals surface area contributed by atoms with Crippen LogP contribution < -0.4 is 5.73 Å². The zero-order valence-electron chi connectivity index (χ0n) is 17.4. The molecule has 0 saturated carbocycles. The fourth-order valence-electron chi connectivity index (χ4n) is 3.40. The van der Waals surface area contributed by atoms with Crippen LogP contribution in [0.15, 0.2) is 36.2 Å². The van der Waals surface area contributed by atoms with Gasteiger partial charge in [0, 0.05) is 38.8 Å². The van der Waals surface area contributed by atoms with Gasteiger partial charge in [0.25, 0.3) is 0 Å². The van der Waals surface area contributed by atoms with E-state index < -0.39 is 5.97 Å². The Balaban J connectivity index is 2.26. The number of carbonyl (C=O) groups is 3. The van der Waals surface area contributed by atoms with E-state index in [2.05, 4.69) is 11.8 Å². The van der Waals surface area contributed by atoms with Crippen LogP contribution in [0.1, 0.15) is 35.7 Å². The number of benzene rings is 1. The average molecular weight is 412 g/mol. The van der Waals surface area contributed by atoms with E-state index in [0.29, 0.717) is 30.8 Å². The Morgan fingerprint density at radius 3 is 2.80 bits per heavy atom. The Labute approximate surface area is 176 Å². The highest BCUT2D eigenvalue weighted by molar-refractivity contribution is 5.87. The van der Waals surface area contributed by atoms with Gasteiger partial charge in [-0.15, -0.1) is 5.92 Å². The van der Waals surface area contributed by atoms with E-state index in [4.69, 9.17) is 5.73 Å². The van der Waals surface area contributed by atoms with Crippen LogP contribution in [0.2, 0.25) is 0 Å². The molecule has 1 aliphatic heterocycles. The number of nitrogens with zero attached hydrogens (tertiary/aromatic N) is 3. The lowest BCUT2D eigenvalue weighted by atomic mass is 10.1. The van der Waals surface area contributed by atoms with Gasteiger partial charge in [-0.05, 0) is 37.5 Å². The van der Waals surface area contributed by atoms with Crippen LogP contribution in [0, 0.1) is 11.8 Å². The molecule has 2 amide bonds. The third kappa shape index (κ3) is 6.09. The molecule has 1 atom stereocenters. The number of allylic oxidation sites excluding steroid dienone is 1. The fourth-order valence-corrected chi connectivity index (χ4v) is 3.40. The number of hydrogen-bond donors (Lipinski definition) is 2. The summed E-state index contributed by atoms with van der Waals surface area (Å²) >= 11 is 0. The number of amides is 2. The van der Waals surface area contributed by atoms with Gasteiger partial charge in [-0.2, -0.15) is 0 Å². The number of aromatic carboxylic acids is 1. The number of piperidine rings is 1. The Kier molecular flexibility index (Phi) is 8.44. The predicted molar refractivity (Wildman–Crippen MR) is 113 cm³/mol. The summed E-state index contributed by atoms with van der Waals surface area (Å²) in [6.07, 6.45) is 3.79. The largest absolute Gasteiger partial charge is 0.478 e. The summed E-state index contributed by atoms with van der Waals surface area (Å²) < 4.78 is 0. The monoisotopic (exact) mass is 412 g/mol. The van der Waals surface area contributed by atoms with Crippen molar-refractivity contribution in [2.45, 2.75) is 32.4 Å². The van der Waals surface area contributed by atoms with Crippen LogP contribution in [0.3, 0.4) is 0 Å². The van der Waals surface area contributed by atoms with Crippen LogP contribution >= 0.6 is 0 Å². The van der Waals surface area contributed by atoms with E-state index in [0.717, 1.165) is 12.8 Å². The Hall–Kier alpha value is -3.31. The van der Waals surface area contributed by atoms with Gasteiger partial charge in [0.15, 0.2) is 0 Å². The topological polar surface area (TPSA) is 107 Å². The molecule has 30 heavy (non-hydrogen) atoms. The summed E-state index contributed by atoms with van der Waals surface area (Å²) in [5.74, 6) is 5.13.